The average Bonchev–Trinajstić information content (AvgIpc) is 3.15. The molecular formula is C21H16ClFN2O3S. The fourth-order valence-corrected chi connectivity index (χ4v) is 3.98. The van der Waals surface area contributed by atoms with Crippen molar-refractivity contribution in [2.24, 2.45) is 0 Å². The van der Waals surface area contributed by atoms with E-state index in [0.717, 1.165) is 5.56 Å². The smallest absolute Gasteiger partial charge is 0.262 e. The molecule has 1 atom stereocenters. The summed E-state index contributed by atoms with van der Waals surface area (Å²) in [6.45, 7) is 0.0502. The van der Waals surface area contributed by atoms with Crippen molar-refractivity contribution in [3.05, 3.63) is 81.4 Å². The summed E-state index contributed by atoms with van der Waals surface area (Å²) in [6.07, 6.45) is 0.511. The Labute approximate surface area is 174 Å². The lowest BCUT2D eigenvalue weighted by atomic mass is 10.1. The Morgan fingerprint density at radius 1 is 1.17 bits per heavy atom. The molecule has 1 N–H and O–H groups in total. The SMILES string of the molecule is O=c1c2c(-c3ccc(F)cc3)csc2ncn1CC(O)COc1ccc(Cl)cc1. The lowest BCUT2D eigenvalue weighted by Gasteiger charge is -2.14. The van der Waals surface area contributed by atoms with E-state index in [1.807, 2.05) is 5.38 Å². The number of fused-ring (bicyclic) bond motifs is 1. The Kier molecular flexibility index (Phi) is 5.62. The Hall–Kier alpha value is -2.74. The molecule has 2 aromatic carbocycles. The van der Waals surface area contributed by atoms with Crippen molar-refractivity contribution in [1.29, 1.82) is 0 Å². The molecule has 0 aliphatic heterocycles. The second kappa shape index (κ2) is 8.32. The average molecular weight is 431 g/mol. The van der Waals surface area contributed by atoms with E-state index in [9.17, 15) is 14.3 Å². The van der Waals surface area contributed by atoms with Gasteiger partial charge in [0.2, 0.25) is 0 Å². The van der Waals surface area contributed by atoms with Crippen LogP contribution >= 0.6 is 22.9 Å². The maximum absolute atomic E-state index is 13.2. The van der Waals surface area contributed by atoms with Gasteiger partial charge in [0.15, 0.2) is 0 Å². The third kappa shape index (κ3) is 4.32. The molecule has 148 valence electrons. The highest BCUT2D eigenvalue weighted by Gasteiger charge is 2.15. The number of hydrogen-bond acceptors (Lipinski definition) is 5. The van der Waals surface area contributed by atoms with Gasteiger partial charge < -0.3 is 9.84 Å². The third-order valence-electron chi connectivity index (χ3n) is 4.38. The molecule has 0 aliphatic carbocycles. The summed E-state index contributed by atoms with van der Waals surface area (Å²) in [4.78, 5) is 17.9. The van der Waals surface area contributed by atoms with E-state index in [4.69, 9.17) is 16.3 Å². The number of benzene rings is 2. The van der Waals surface area contributed by atoms with Crippen molar-refractivity contribution in [2.45, 2.75) is 12.6 Å². The molecule has 0 fully saturated rings. The summed E-state index contributed by atoms with van der Waals surface area (Å²) < 4.78 is 20.1. The molecule has 4 aromatic rings. The van der Waals surface area contributed by atoms with Crippen LogP contribution in [0.1, 0.15) is 0 Å². The molecule has 0 spiro atoms. The van der Waals surface area contributed by atoms with Gasteiger partial charge in [-0.1, -0.05) is 23.7 Å². The fraction of sp³-hybridized carbons (Fsp3) is 0.143. The van der Waals surface area contributed by atoms with Crippen molar-refractivity contribution < 1.29 is 14.2 Å². The van der Waals surface area contributed by atoms with Crippen molar-refractivity contribution in [3.8, 4) is 16.9 Å². The molecular weight excluding hydrogens is 415 g/mol. The number of thiophene rings is 1. The molecule has 2 heterocycles. The predicted molar refractivity (Wildman–Crippen MR) is 112 cm³/mol. The van der Waals surface area contributed by atoms with Crippen LogP contribution in [-0.2, 0) is 6.54 Å². The first-order valence-electron chi connectivity index (χ1n) is 8.80. The number of aliphatic hydroxyl groups excluding tert-OH is 1. The van der Waals surface area contributed by atoms with Crippen LogP contribution in [0.2, 0.25) is 5.02 Å². The Bertz CT molecular complexity index is 1190. The number of nitrogens with zero attached hydrogens (tertiary/aromatic N) is 2. The number of aliphatic hydroxyl groups is 1. The quantitative estimate of drug-likeness (QED) is 0.493. The topological polar surface area (TPSA) is 64.4 Å². The van der Waals surface area contributed by atoms with Crippen LogP contribution in [-0.4, -0.2) is 27.4 Å². The monoisotopic (exact) mass is 430 g/mol. The van der Waals surface area contributed by atoms with Gasteiger partial charge in [-0.3, -0.25) is 9.36 Å². The van der Waals surface area contributed by atoms with Gasteiger partial charge >= 0.3 is 0 Å². The van der Waals surface area contributed by atoms with Crippen molar-refractivity contribution in [3.63, 3.8) is 0 Å². The number of aromatic nitrogens is 2. The lowest BCUT2D eigenvalue weighted by molar-refractivity contribution is 0.0915. The van der Waals surface area contributed by atoms with E-state index < -0.39 is 6.10 Å². The van der Waals surface area contributed by atoms with Crippen LogP contribution in [0.25, 0.3) is 21.3 Å². The van der Waals surface area contributed by atoms with Gasteiger partial charge in [0.1, 0.15) is 29.1 Å². The molecule has 0 saturated carbocycles. The van der Waals surface area contributed by atoms with Crippen LogP contribution < -0.4 is 10.3 Å². The Balaban J connectivity index is 1.55. The molecule has 8 heteroatoms. The molecule has 0 aliphatic rings. The van der Waals surface area contributed by atoms with Gasteiger partial charge in [-0.05, 0) is 42.0 Å². The first-order chi connectivity index (χ1) is 14.0. The van der Waals surface area contributed by atoms with E-state index in [0.29, 0.717) is 26.6 Å². The van der Waals surface area contributed by atoms with E-state index >= 15 is 0 Å². The summed E-state index contributed by atoms with van der Waals surface area (Å²) in [5.74, 6) is 0.235. The zero-order valence-electron chi connectivity index (χ0n) is 15.1. The Morgan fingerprint density at radius 3 is 2.62 bits per heavy atom. The van der Waals surface area contributed by atoms with Crippen LogP contribution in [0, 0.1) is 5.82 Å². The zero-order valence-corrected chi connectivity index (χ0v) is 16.7. The Morgan fingerprint density at radius 2 is 1.90 bits per heavy atom. The highest BCUT2D eigenvalue weighted by atomic mass is 35.5. The summed E-state index contributed by atoms with van der Waals surface area (Å²) in [6, 6.07) is 12.8. The summed E-state index contributed by atoms with van der Waals surface area (Å²) in [5.41, 5.74) is 1.17. The second-order valence-corrected chi connectivity index (χ2v) is 7.75. The number of hydrogen-bond donors (Lipinski definition) is 1. The highest BCUT2D eigenvalue weighted by Crippen LogP contribution is 2.30. The molecule has 0 bridgehead atoms. The van der Waals surface area contributed by atoms with Gasteiger partial charge in [-0.15, -0.1) is 11.3 Å². The molecule has 29 heavy (non-hydrogen) atoms. The van der Waals surface area contributed by atoms with E-state index in [-0.39, 0.29) is 24.5 Å². The van der Waals surface area contributed by atoms with E-state index in [1.165, 1.54) is 34.4 Å². The van der Waals surface area contributed by atoms with Crippen LogP contribution in [0.15, 0.2) is 65.0 Å². The summed E-state index contributed by atoms with van der Waals surface area (Å²) in [5, 5.41) is 13.2. The molecule has 2 aromatic heterocycles. The maximum Gasteiger partial charge on any atom is 0.262 e. The van der Waals surface area contributed by atoms with Crippen LogP contribution in [0.5, 0.6) is 5.75 Å². The minimum atomic E-state index is -0.907. The van der Waals surface area contributed by atoms with Gasteiger partial charge in [0, 0.05) is 16.0 Å². The highest BCUT2D eigenvalue weighted by molar-refractivity contribution is 7.17. The van der Waals surface area contributed by atoms with Gasteiger partial charge in [-0.2, -0.15) is 0 Å². The molecule has 0 amide bonds. The van der Waals surface area contributed by atoms with Crippen molar-refractivity contribution in [2.75, 3.05) is 6.61 Å². The second-order valence-electron chi connectivity index (χ2n) is 6.46. The van der Waals surface area contributed by atoms with Crippen LogP contribution in [0.4, 0.5) is 4.39 Å². The molecule has 0 saturated heterocycles. The van der Waals surface area contributed by atoms with Gasteiger partial charge in [0.25, 0.3) is 5.56 Å². The first kappa shape index (κ1) is 19.6. The molecule has 0 radical (unpaired) electrons. The fourth-order valence-electron chi connectivity index (χ4n) is 2.94. The van der Waals surface area contributed by atoms with Gasteiger partial charge in [0.05, 0.1) is 18.3 Å². The maximum atomic E-state index is 13.2. The third-order valence-corrected chi connectivity index (χ3v) is 5.52. The standard InChI is InChI=1S/C21H16ClFN2O3S/c22-14-3-7-17(8-4-14)28-10-16(26)9-25-12-24-20-19(21(25)27)18(11-29-20)13-1-5-15(23)6-2-13/h1-8,11-12,16,26H,9-10H2. The minimum Gasteiger partial charge on any atom is -0.491 e. The van der Waals surface area contributed by atoms with Crippen LogP contribution in [0.3, 0.4) is 0 Å². The van der Waals surface area contributed by atoms with Crippen molar-refractivity contribution in [1.82, 2.24) is 9.55 Å². The first-order valence-corrected chi connectivity index (χ1v) is 10.1. The number of rotatable bonds is 6. The molecule has 4 rings (SSSR count). The lowest BCUT2D eigenvalue weighted by Crippen LogP contribution is -2.30. The largest absolute Gasteiger partial charge is 0.491 e. The normalized spacial score (nSPS) is 12.2. The molecule has 5 nitrogen and oxygen atoms in total. The summed E-state index contributed by atoms with van der Waals surface area (Å²) >= 11 is 7.18. The van der Waals surface area contributed by atoms with Crippen molar-refractivity contribution >= 4 is 33.2 Å². The van der Waals surface area contributed by atoms with E-state index in [2.05, 4.69) is 4.98 Å². The number of halogens is 2. The summed E-state index contributed by atoms with van der Waals surface area (Å²) in [7, 11) is 0. The zero-order chi connectivity index (χ0) is 20.4. The molecule has 1 unspecified atom stereocenters. The van der Waals surface area contributed by atoms with E-state index in [1.54, 1.807) is 36.4 Å². The minimum absolute atomic E-state index is 0.0145. The van der Waals surface area contributed by atoms with Gasteiger partial charge in [-0.25, -0.2) is 9.37 Å². The predicted octanol–water partition coefficient (Wildman–Crippen LogP) is 4.36. The number of ether oxygens (including phenoxy) is 1.